The molecule has 0 spiro atoms. The summed E-state index contributed by atoms with van der Waals surface area (Å²) in [7, 11) is -4.29. The monoisotopic (exact) mass is 578 g/mol. The van der Waals surface area contributed by atoms with E-state index < -0.39 is 46.6 Å². The van der Waals surface area contributed by atoms with E-state index in [-0.39, 0.29) is 24.8 Å². The lowest BCUT2D eigenvalue weighted by molar-refractivity contribution is -0.137. The lowest BCUT2D eigenvalue weighted by atomic mass is 9.88. The van der Waals surface area contributed by atoms with Gasteiger partial charge in [-0.1, -0.05) is 18.2 Å². The van der Waals surface area contributed by atoms with Gasteiger partial charge in [-0.05, 0) is 42.8 Å². The number of rotatable bonds is 10. The Kier molecular flexibility index (Phi) is 7.98. The van der Waals surface area contributed by atoms with Gasteiger partial charge in [0.05, 0.1) is 30.9 Å². The van der Waals surface area contributed by atoms with Crippen LogP contribution in [0.2, 0.25) is 0 Å². The molecule has 39 heavy (non-hydrogen) atoms. The topological polar surface area (TPSA) is 94.5 Å². The Hall–Kier alpha value is -3.14. The number of alkyl halides is 6. The first-order valence-corrected chi connectivity index (χ1v) is 13.1. The third-order valence-electron chi connectivity index (χ3n) is 5.88. The van der Waals surface area contributed by atoms with E-state index in [1.165, 1.54) is 16.8 Å². The van der Waals surface area contributed by atoms with Crippen LogP contribution >= 0.6 is 0 Å². The van der Waals surface area contributed by atoms with E-state index in [9.17, 15) is 34.8 Å². The molecule has 0 atom stereocenters. The molecule has 1 aromatic heterocycles. The Labute approximate surface area is 220 Å². The third kappa shape index (κ3) is 7.09. The highest BCUT2D eigenvalue weighted by molar-refractivity contribution is 7.87. The van der Waals surface area contributed by atoms with Gasteiger partial charge in [0, 0.05) is 24.7 Å². The average molecular weight is 579 g/mol. The zero-order valence-corrected chi connectivity index (χ0v) is 21.3. The maximum absolute atomic E-state index is 12.8. The summed E-state index contributed by atoms with van der Waals surface area (Å²) in [5, 5.41) is 4.48. The SMILES string of the molecule is CCn1nc(-c2cccc(C3(NS(=O)(=O)NCCC(F)(F)F)COC3)c2)cc1Oc1ccc(C(F)(F)F)cc1. The van der Waals surface area contributed by atoms with Crippen molar-refractivity contribution in [3.05, 3.63) is 65.7 Å². The largest absolute Gasteiger partial charge is 0.439 e. The Morgan fingerprint density at radius 1 is 1.05 bits per heavy atom. The fourth-order valence-electron chi connectivity index (χ4n) is 3.87. The summed E-state index contributed by atoms with van der Waals surface area (Å²) >= 11 is 0. The smallest absolute Gasteiger partial charge is 0.416 e. The van der Waals surface area contributed by atoms with Crippen LogP contribution in [0, 0.1) is 0 Å². The minimum atomic E-state index is -4.51. The van der Waals surface area contributed by atoms with Crippen LogP contribution < -0.4 is 14.2 Å². The molecule has 0 saturated carbocycles. The molecular formula is C24H24F6N4O4S. The molecule has 4 rings (SSSR count). The summed E-state index contributed by atoms with van der Waals surface area (Å²) in [4.78, 5) is 0. The van der Waals surface area contributed by atoms with Crippen molar-refractivity contribution in [2.24, 2.45) is 0 Å². The van der Waals surface area contributed by atoms with Gasteiger partial charge in [0.1, 0.15) is 11.3 Å². The number of aryl methyl sites for hydroxylation is 1. The fraction of sp³-hybridized carbons (Fsp3) is 0.375. The predicted molar refractivity (Wildman–Crippen MR) is 128 cm³/mol. The second-order valence-electron chi connectivity index (χ2n) is 8.83. The molecule has 2 N–H and O–H groups in total. The molecule has 8 nitrogen and oxygen atoms in total. The van der Waals surface area contributed by atoms with Crippen LogP contribution in [0.4, 0.5) is 26.3 Å². The van der Waals surface area contributed by atoms with Crippen LogP contribution in [0.5, 0.6) is 11.6 Å². The van der Waals surface area contributed by atoms with Gasteiger partial charge in [0.2, 0.25) is 5.88 Å². The van der Waals surface area contributed by atoms with Gasteiger partial charge >= 0.3 is 12.4 Å². The van der Waals surface area contributed by atoms with Gasteiger partial charge in [-0.15, -0.1) is 0 Å². The zero-order valence-electron chi connectivity index (χ0n) is 20.4. The van der Waals surface area contributed by atoms with Crippen molar-refractivity contribution in [3.8, 4) is 22.9 Å². The van der Waals surface area contributed by atoms with Crippen LogP contribution in [-0.4, -0.2) is 44.1 Å². The zero-order chi connectivity index (χ0) is 28.5. The second-order valence-corrected chi connectivity index (χ2v) is 10.3. The molecule has 15 heteroatoms. The lowest BCUT2D eigenvalue weighted by Gasteiger charge is -2.42. The summed E-state index contributed by atoms with van der Waals surface area (Å²) in [5.74, 6) is 0.449. The summed E-state index contributed by atoms with van der Waals surface area (Å²) in [6, 6.07) is 12.5. The van der Waals surface area contributed by atoms with Crippen molar-refractivity contribution < 1.29 is 44.2 Å². The summed E-state index contributed by atoms with van der Waals surface area (Å²) in [5.41, 5.74) is -0.484. The maximum atomic E-state index is 12.8. The highest BCUT2D eigenvalue weighted by Gasteiger charge is 2.44. The van der Waals surface area contributed by atoms with Crippen molar-refractivity contribution in [1.82, 2.24) is 19.2 Å². The van der Waals surface area contributed by atoms with E-state index in [2.05, 4.69) is 9.82 Å². The number of ether oxygens (including phenoxy) is 2. The third-order valence-corrected chi connectivity index (χ3v) is 7.13. The number of hydrogen-bond acceptors (Lipinski definition) is 5. The molecule has 0 unspecified atom stereocenters. The standard InChI is InChI=1S/C24H24F6N4O4S/c1-2-34-21(38-19-8-6-17(7-9-19)24(28,29)30)13-20(32-34)16-4-3-5-18(12-16)22(14-37-15-22)33-39(35,36)31-11-10-23(25,26)27/h3-9,12-13,31,33H,2,10-11,14-15H2,1H3. The Morgan fingerprint density at radius 2 is 1.74 bits per heavy atom. The molecule has 3 aromatic rings. The number of aromatic nitrogens is 2. The van der Waals surface area contributed by atoms with E-state index in [1.807, 2.05) is 4.72 Å². The molecule has 1 aliphatic rings. The first-order valence-electron chi connectivity index (χ1n) is 11.7. The molecule has 2 aromatic carbocycles. The van der Waals surface area contributed by atoms with Gasteiger partial charge in [-0.3, -0.25) is 0 Å². The molecule has 1 saturated heterocycles. The molecule has 1 aliphatic heterocycles. The van der Waals surface area contributed by atoms with Crippen molar-refractivity contribution in [3.63, 3.8) is 0 Å². The second kappa shape index (κ2) is 10.8. The van der Waals surface area contributed by atoms with Gasteiger partial charge in [0.25, 0.3) is 10.2 Å². The molecular weight excluding hydrogens is 554 g/mol. The van der Waals surface area contributed by atoms with E-state index in [0.717, 1.165) is 12.1 Å². The van der Waals surface area contributed by atoms with E-state index >= 15 is 0 Å². The molecule has 1 fully saturated rings. The van der Waals surface area contributed by atoms with Crippen molar-refractivity contribution in [2.45, 2.75) is 37.8 Å². The molecule has 2 heterocycles. The van der Waals surface area contributed by atoms with Crippen molar-refractivity contribution in [1.29, 1.82) is 0 Å². The Morgan fingerprint density at radius 3 is 2.31 bits per heavy atom. The maximum Gasteiger partial charge on any atom is 0.416 e. The molecule has 0 amide bonds. The highest BCUT2D eigenvalue weighted by atomic mass is 32.2. The summed E-state index contributed by atoms with van der Waals surface area (Å²) in [6.07, 6.45) is -10.3. The quantitative estimate of drug-likeness (QED) is 0.331. The molecule has 0 bridgehead atoms. The van der Waals surface area contributed by atoms with E-state index in [1.54, 1.807) is 37.3 Å². The van der Waals surface area contributed by atoms with Gasteiger partial charge in [-0.25, -0.2) is 9.40 Å². The van der Waals surface area contributed by atoms with Crippen LogP contribution in [0.15, 0.2) is 54.6 Å². The first kappa shape index (κ1) is 28.9. The lowest BCUT2D eigenvalue weighted by Crippen LogP contribution is -2.61. The number of nitrogens with one attached hydrogen (secondary N) is 2. The van der Waals surface area contributed by atoms with Crippen LogP contribution in [0.25, 0.3) is 11.3 Å². The number of nitrogens with zero attached hydrogens (tertiary/aromatic N) is 2. The predicted octanol–water partition coefficient (Wildman–Crippen LogP) is 4.98. The minimum Gasteiger partial charge on any atom is -0.439 e. The van der Waals surface area contributed by atoms with Gasteiger partial charge < -0.3 is 9.47 Å². The van der Waals surface area contributed by atoms with Crippen LogP contribution in [0.3, 0.4) is 0 Å². The van der Waals surface area contributed by atoms with Crippen LogP contribution in [0.1, 0.15) is 24.5 Å². The van der Waals surface area contributed by atoms with E-state index in [4.69, 9.17) is 9.47 Å². The molecule has 212 valence electrons. The fourth-order valence-corrected chi connectivity index (χ4v) is 5.06. The molecule has 0 aliphatic carbocycles. The van der Waals surface area contributed by atoms with Gasteiger partial charge in [-0.2, -0.15) is 44.6 Å². The number of hydrogen-bond donors (Lipinski definition) is 2. The normalized spacial score (nSPS) is 15.7. The Bertz CT molecular complexity index is 1400. The number of halogens is 6. The average Bonchev–Trinajstić information content (AvgIpc) is 3.23. The highest BCUT2D eigenvalue weighted by Crippen LogP contribution is 2.35. The number of benzene rings is 2. The summed E-state index contributed by atoms with van der Waals surface area (Å²) in [6.45, 7) is 1.29. The van der Waals surface area contributed by atoms with Gasteiger partial charge in [0.15, 0.2) is 0 Å². The minimum absolute atomic E-state index is 0.0394. The van der Waals surface area contributed by atoms with Crippen molar-refractivity contribution in [2.75, 3.05) is 19.8 Å². The molecule has 0 radical (unpaired) electrons. The van der Waals surface area contributed by atoms with E-state index in [0.29, 0.717) is 23.4 Å². The first-order chi connectivity index (χ1) is 18.2. The Balaban J connectivity index is 1.54. The van der Waals surface area contributed by atoms with Crippen LogP contribution in [-0.2, 0) is 33.2 Å². The van der Waals surface area contributed by atoms with Crippen molar-refractivity contribution >= 4 is 10.2 Å². The summed E-state index contributed by atoms with van der Waals surface area (Å²) < 4.78 is 118.